The highest BCUT2D eigenvalue weighted by Gasteiger charge is 2.14. The quantitative estimate of drug-likeness (QED) is 0.720. The third kappa shape index (κ3) is 3.33. The molecule has 0 saturated carbocycles. The van der Waals surface area contributed by atoms with Gasteiger partial charge in [-0.1, -0.05) is 36.4 Å². The number of nitrogens with one attached hydrogen (secondary N) is 1. The van der Waals surface area contributed by atoms with Crippen molar-refractivity contribution in [3.05, 3.63) is 66.4 Å². The van der Waals surface area contributed by atoms with Crippen LogP contribution in [-0.2, 0) is 9.53 Å². The summed E-state index contributed by atoms with van der Waals surface area (Å²) in [7, 11) is 0. The number of anilines is 2. The van der Waals surface area contributed by atoms with Gasteiger partial charge in [0.15, 0.2) is 6.61 Å². The second-order valence-corrected chi connectivity index (χ2v) is 5.09. The van der Waals surface area contributed by atoms with Crippen LogP contribution in [0.2, 0.25) is 0 Å². The molecule has 0 atom stereocenters. The molecule has 3 aromatic rings. The van der Waals surface area contributed by atoms with Crippen molar-refractivity contribution < 1.29 is 14.3 Å². The van der Waals surface area contributed by atoms with Crippen LogP contribution in [0, 0.1) is 0 Å². The standard InChI is InChI=1S/C18H15N3O3/c19-17-14(8-4-10-20-17)18(23)24-11-16(22)21-15-9-3-6-12-5-1-2-7-13(12)15/h1-10H,11H2,(H2,19,20)(H,21,22). The van der Waals surface area contributed by atoms with Crippen molar-refractivity contribution in [3.63, 3.8) is 0 Å². The van der Waals surface area contributed by atoms with Crippen LogP contribution in [0.1, 0.15) is 10.4 Å². The lowest BCUT2D eigenvalue weighted by Crippen LogP contribution is -2.21. The summed E-state index contributed by atoms with van der Waals surface area (Å²) in [5.41, 5.74) is 6.40. The van der Waals surface area contributed by atoms with E-state index in [0.717, 1.165) is 10.8 Å². The van der Waals surface area contributed by atoms with Crippen LogP contribution in [0.25, 0.3) is 10.8 Å². The van der Waals surface area contributed by atoms with Crippen LogP contribution in [0.15, 0.2) is 60.8 Å². The van der Waals surface area contributed by atoms with Crippen molar-refractivity contribution in [2.75, 3.05) is 17.7 Å². The number of ether oxygens (including phenoxy) is 1. The maximum absolute atomic E-state index is 12.0. The van der Waals surface area contributed by atoms with Gasteiger partial charge in [0.2, 0.25) is 0 Å². The monoisotopic (exact) mass is 321 g/mol. The lowest BCUT2D eigenvalue weighted by molar-refractivity contribution is -0.119. The number of nitrogen functional groups attached to an aromatic ring is 1. The summed E-state index contributed by atoms with van der Waals surface area (Å²) in [4.78, 5) is 27.8. The molecule has 1 amide bonds. The molecule has 0 saturated heterocycles. The van der Waals surface area contributed by atoms with E-state index in [-0.39, 0.29) is 11.4 Å². The Bertz CT molecular complexity index is 903. The smallest absolute Gasteiger partial charge is 0.342 e. The van der Waals surface area contributed by atoms with Gasteiger partial charge in [-0.15, -0.1) is 0 Å². The number of aromatic nitrogens is 1. The summed E-state index contributed by atoms with van der Waals surface area (Å²) in [5, 5.41) is 4.67. The number of esters is 1. The van der Waals surface area contributed by atoms with Crippen LogP contribution < -0.4 is 11.1 Å². The Morgan fingerprint density at radius 2 is 1.83 bits per heavy atom. The highest BCUT2D eigenvalue weighted by atomic mass is 16.5. The lowest BCUT2D eigenvalue weighted by atomic mass is 10.1. The molecule has 0 aliphatic carbocycles. The lowest BCUT2D eigenvalue weighted by Gasteiger charge is -2.09. The Balaban J connectivity index is 1.66. The normalized spacial score (nSPS) is 10.3. The van der Waals surface area contributed by atoms with Crippen LogP contribution in [0.3, 0.4) is 0 Å². The number of fused-ring (bicyclic) bond motifs is 1. The molecule has 2 aromatic carbocycles. The Hall–Kier alpha value is -3.41. The van der Waals surface area contributed by atoms with Crippen LogP contribution in [0.4, 0.5) is 11.5 Å². The number of rotatable bonds is 4. The maximum Gasteiger partial charge on any atom is 0.342 e. The van der Waals surface area contributed by atoms with E-state index in [1.807, 2.05) is 36.4 Å². The Morgan fingerprint density at radius 3 is 2.67 bits per heavy atom. The van der Waals surface area contributed by atoms with Crippen molar-refractivity contribution in [2.24, 2.45) is 0 Å². The van der Waals surface area contributed by atoms with Crippen molar-refractivity contribution >= 4 is 34.2 Å². The minimum atomic E-state index is -0.686. The van der Waals surface area contributed by atoms with Gasteiger partial charge in [0.25, 0.3) is 5.91 Å². The van der Waals surface area contributed by atoms with Gasteiger partial charge in [-0.05, 0) is 23.6 Å². The molecule has 0 aliphatic heterocycles. The Morgan fingerprint density at radius 1 is 1.04 bits per heavy atom. The van der Waals surface area contributed by atoms with E-state index in [4.69, 9.17) is 10.5 Å². The first kappa shape index (κ1) is 15.5. The van der Waals surface area contributed by atoms with Gasteiger partial charge in [0.05, 0.1) is 0 Å². The fraction of sp³-hybridized carbons (Fsp3) is 0.0556. The van der Waals surface area contributed by atoms with Crippen molar-refractivity contribution in [2.45, 2.75) is 0 Å². The first-order valence-electron chi connectivity index (χ1n) is 7.30. The zero-order valence-corrected chi connectivity index (χ0v) is 12.7. The van der Waals surface area contributed by atoms with Crippen molar-refractivity contribution in [1.29, 1.82) is 0 Å². The van der Waals surface area contributed by atoms with Gasteiger partial charge in [0.1, 0.15) is 11.4 Å². The van der Waals surface area contributed by atoms with E-state index in [1.165, 1.54) is 12.3 Å². The fourth-order valence-corrected chi connectivity index (χ4v) is 2.32. The topological polar surface area (TPSA) is 94.3 Å². The molecule has 0 bridgehead atoms. The van der Waals surface area contributed by atoms with Gasteiger partial charge in [0, 0.05) is 17.3 Å². The molecule has 1 aromatic heterocycles. The molecule has 6 nitrogen and oxygen atoms in total. The van der Waals surface area contributed by atoms with E-state index in [0.29, 0.717) is 5.69 Å². The Labute approximate surface area is 138 Å². The van der Waals surface area contributed by atoms with Crippen LogP contribution >= 0.6 is 0 Å². The molecule has 24 heavy (non-hydrogen) atoms. The fourth-order valence-electron chi connectivity index (χ4n) is 2.32. The number of nitrogens with zero attached hydrogens (tertiary/aromatic N) is 1. The number of carbonyl (C=O) groups excluding carboxylic acids is 2. The number of carbonyl (C=O) groups is 2. The SMILES string of the molecule is Nc1ncccc1C(=O)OCC(=O)Nc1cccc2ccccc12. The third-order valence-corrected chi connectivity index (χ3v) is 3.46. The number of pyridine rings is 1. The molecule has 1 heterocycles. The van der Waals surface area contributed by atoms with E-state index in [2.05, 4.69) is 10.3 Å². The molecule has 120 valence electrons. The van der Waals surface area contributed by atoms with Gasteiger partial charge in [-0.25, -0.2) is 9.78 Å². The zero-order chi connectivity index (χ0) is 16.9. The van der Waals surface area contributed by atoms with Crippen LogP contribution in [-0.4, -0.2) is 23.5 Å². The molecular weight excluding hydrogens is 306 g/mol. The summed E-state index contributed by atoms with van der Waals surface area (Å²) in [6.45, 7) is -0.406. The number of nitrogens with two attached hydrogens (primary N) is 1. The van der Waals surface area contributed by atoms with Crippen LogP contribution in [0.5, 0.6) is 0 Å². The van der Waals surface area contributed by atoms with E-state index in [9.17, 15) is 9.59 Å². The number of hydrogen-bond donors (Lipinski definition) is 2. The zero-order valence-electron chi connectivity index (χ0n) is 12.7. The van der Waals surface area contributed by atoms with E-state index >= 15 is 0 Å². The minimum Gasteiger partial charge on any atom is -0.452 e. The Kier molecular flexibility index (Phi) is 4.38. The number of amides is 1. The summed E-state index contributed by atoms with van der Waals surface area (Å²) in [5.74, 6) is -1.05. The highest BCUT2D eigenvalue weighted by Crippen LogP contribution is 2.22. The van der Waals surface area contributed by atoms with Gasteiger partial charge in [-0.2, -0.15) is 0 Å². The van der Waals surface area contributed by atoms with Gasteiger partial charge < -0.3 is 15.8 Å². The number of hydrogen-bond acceptors (Lipinski definition) is 5. The first-order chi connectivity index (χ1) is 11.6. The van der Waals surface area contributed by atoms with Crippen molar-refractivity contribution in [1.82, 2.24) is 4.98 Å². The molecule has 0 fully saturated rings. The molecule has 0 aliphatic rings. The van der Waals surface area contributed by atoms with Crippen molar-refractivity contribution in [3.8, 4) is 0 Å². The third-order valence-electron chi connectivity index (χ3n) is 3.46. The molecule has 3 rings (SSSR count). The summed E-state index contributed by atoms with van der Waals surface area (Å²) in [6, 6.07) is 16.3. The molecule has 0 spiro atoms. The molecule has 0 radical (unpaired) electrons. The summed E-state index contributed by atoms with van der Waals surface area (Å²) < 4.78 is 4.98. The molecule has 6 heteroatoms. The second-order valence-electron chi connectivity index (χ2n) is 5.09. The van der Waals surface area contributed by atoms with E-state index in [1.54, 1.807) is 12.1 Å². The molecule has 0 unspecified atom stereocenters. The second kappa shape index (κ2) is 6.78. The first-order valence-corrected chi connectivity index (χ1v) is 7.30. The summed E-state index contributed by atoms with van der Waals surface area (Å²) >= 11 is 0. The molecule has 3 N–H and O–H groups in total. The van der Waals surface area contributed by atoms with Gasteiger partial charge >= 0.3 is 5.97 Å². The van der Waals surface area contributed by atoms with Gasteiger partial charge in [-0.3, -0.25) is 4.79 Å². The predicted molar refractivity (Wildman–Crippen MR) is 91.5 cm³/mol. The maximum atomic E-state index is 12.0. The minimum absolute atomic E-state index is 0.0666. The average molecular weight is 321 g/mol. The average Bonchev–Trinajstić information content (AvgIpc) is 2.60. The largest absolute Gasteiger partial charge is 0.452 e. The summed E-state index contributed by atoms with van der Waals surface area (Å²) in [6.07, 6.45) is 1.47. The molecular formula is C18H15N3O3. The predicted octanol–water partition coefficient (Wildman–Crippen LogP) is 2.61. The highest BCUT2D eigenvalue weighted by molar-refractivity contribution is 6.03. The number of benzene rings is 2. The van der Waals surface area contributed by atoms with E-state index < -0.39 is 18.5 Å².